The van der Waals surface area contributed by atoms with Crippen LogP contribution in [0.15, 0.2) is 47.4 Å². The summed E-state index contributed by atoms with van der Waals surface area (Å²) >= 11 is 1.21. The molecular weight excluding hydrogens is 368 g/mol. The largest absolute Gasteiger partial charge is 0.452 e. The van der Waals surface area contributed by atoms with Gasteiger partial charge in [-0.15, -0.1) is 11.8 Å². The lowest BCUT2D eigenvalue weighted by atomic mass is 10.1. The molecule has 2 aromatic rings. The van der Waals surface area contributed by atoms with Gasteiger partial charge >= 0.3 is 5.97 Å². The summed E-state index contributed by atoms with van der Waals surface area (Å²) in [5.41, 5.74) is 1.94. The average Bonchev–Trinajstić information content (AvgIpc) is 2.66. The van der Waals surface area contributed by atoms with Gasteiger partial charge < -0.3 is 9.64 Å². The second-order valence-corrected chi connectivity index (χ2v) is 6.74. The Morgan fingerprint density at radius 3 is 2.56 bits per heavy atom. The van der Waals surface area contributed by atoms with E-state index in [1.165, 1.54) is 28.8 Å². The second-order valence-electron chi connectivity index (χ2n) is 5.90. The molecule has 0 aromatic heterocycles. The molecule has 0 heterocycles. The summed E-state index contributed by atoms with van der Waals surface area (Å²) in [5, 5.41) is 11.1. The van der Waals surface area contributed by atoms with E-state index in [4.69, 9.17) is 4.74 Å². The van der Waals surface area contributed by atoms with Crippen molar-refractivity contribution in [2.45, 2.75) is 18.4 Å². The van der Waals surface area contributed by atoms with Gasteiger partial charge in [0.2, 0.25) is 0 Å². The molecule has 0 aliphatic heterocycles. The molecular formula is C19H20N2O5S. The van der Waals surface area contributed by atoms with Crippen LogP contribution in [-0.2, 0) is 16.1 Å². The van der Waals surface area contributed by atoms with Crippen LogP contribution in [0.2, 0.25) is 0 Å². The van der Waals surface area contributed by atoms with Crippen molar-refractivity contribution in [3.05, 3.63) is 69.3 Å². The Kier molecular flexibility index (Phi) is 6.95. The topological polar surface area (TPSA) is 89.8 Å². The molecule has 0 bridgehead atoms. The molecule has 0 saturated carbocycles. The molecule has 1 amide bonds. The third kappa shape index (κ3) is 5.30. The van der Waals surface area contributed by atoms with Gasteiger partial charge in [-0.2, -0.15) is 0 Å². The zero-order valence-electron chi connectivity index (χ0n) is 15.3. The number of benzene rings is 2. The van der Waals surface area contributed by atoms with Crippen LogP contribution in [0, 0.1) is 17.0 Å². The fourth-order valence-corrected chi connectivity index (χ4v) is 2.96. The number of nitro benzene ring substituents is 1. The molecule has 0 unspecified atom stereocenters. The first kappa shape index (κ1) is 20.4. The van der Waals surface area contributed by atoms with Crippen molar-refractivity contribution in [1.82, 2.24) is 4.90 Å². The molecule has 0 fully saturated rings. The number of carbonyl (C=O) groups is 2. The molecule has 2 aromatic carbocycles. The SMILES string of the molecule is CSc1ccc(C(=O)OCC(=O)N(C)Cc2ccccc2C)cc1[N+](=O)[O-]. The zero-order chi connectivity index (χ0) is 20.0. The molecule has 2 rings (SSSR count). The number of ether oxygens (including phenoxy) is 1. The predicted molar refractivity (Wildman–Crippen MR) is 103 cm³/mol. The minimum absolute atomic E-state index is 0.0360. The van der Waals surface area contributed by atoms with E-state index in [1.807, 2.05) is 31.2 Å². The summed E-state index contributed by atoms with van der Waals surface area (Å²) in [5.74, 6) is -1.13. The summed E-state index contributed by atoms with van der Waals surface area (Å²) in [6.45, 7) is 1.93. The molecule has 27 heavy (non-hydrogen) atoms. The molecule has 0 aliphatic rings. The third-order valence-corrected chi connectivity index (χ3v) is 4.82. The van der Waals surface area contributed by atoms with Gasteiger partial charge in [0.15, 0.2) is 6.61 Å². The Hall–Kier alpha value is -2.87. The van der Waals surface area contributed by atoms with Crippen LogP contribution in [0.5, 0.6) is 0 Å². The van der Waals surface area contributed by atoms with E-state index in [0.29, 0.717) is 11.4 Å². The summed E-state index contributed by atoms with van der Waals surface area (Å²) < 4.78 is 5.03. The van der Waals surface area contributed by atoms with Crippen LogP contribution in [0.3, 0.4) is 0 Å². The number of thioether (sulfide) groups is 1. The van der Waals surface area contributed by atoms with E-state index in [0.717, 1.165) is 17.2 Å². The van der Waals surface area contributed by atoms with Crippen LogP contribution in [0.1, 0.15) is 21.5 Å². The molecule has 0 saturated heterocycles. The van der Waals surface area contributed by atoms with E-state index < -0.39 is 17.5 Å². The highest BCUT2D eigenvalue weighted by atomic mass is 32.2. The lowest BCUT2D eigenvalue weighted by Gasteiger charge is -2.18. The van der Waals surface area contributed by atoms with Crippen molar-refractivity contribution in [2.75, 3.05) is 19.9 Å². The van der Waals surface area contributed by atoms with E-state index in [-0.39, 0.29) is 17.2 Å². The maximum Gasteiger partial charge on any atom is 0.338 e. The van der Waals surface area contributed by atoms with Gasteiger partial charge in [-0.25, -0.2) is 4.79 Å². The molecule has 0 spiro atoms. The van der Waals surface area contributed by atoms with Gasteiger partial charge in [0.05, 0.1) is 15.4 Å². The number of rotatable bonds is 7. The number of nitrogens with zero attached hydrogens (tertiary/aromatic N) is 2. The number of carbonyl (C=O) groups excluding carboxylic acids is 2. The zero-order valence-corrected chi connectivity index (χ0v) is 16.1. The highest BCUT2D eigenvalue weighted by molar-refractivity contribution is 7.98. The highest BCUT2D eigenvalue weighted by Crippen LogP contribution is 2.28. The number of amides is 1. The van der Waals surface area contributed by atoms with Crippen LogP contribution in [-0.4, -0.2) is 41.6 Å². The van der Waals surface area contributed by atoms with Crippen LogP contribution in [0.4, 0.5) is 5.69 Å². The maximum atomic E-state index is 12.2. The normalized spacial score (nSPS) is 10.3. The maximum absolute atomic E-state index is 12.2. The van der Waals surface area contributed by atoms with Gasteiger partial charge in [-0.3, -0.25) is 14.9 Å². The Bertz CT molecular complexity index is 869. The van der Waals surface area contributed by atoms with Gasteiger partial charge in [-0.05, 0) is 36.4 Å². The molecule has 0 radical (unpaired) electrons. The molecule has 142 valence electrons. The number of aryl methyl sites for hydroxylation is 1. The first-order chi connectivity index (χ1) is 12.8. The number of likely N-dealkylation sites (N-methyl/N-ethyl adjacent to an activating group) is 1. The van der Waals surface area contributed by atoms with E-state index in [2.05, 4.69) is 0 Å². The number of esters is 1. The fraction of sp³-hybridized carbons (Fsp3) is 0.263. The summed E-state index contributed by atoms with van der Waals surface area (Å²) in [4.78, 5) is 36.8. The minimum Gasteiger partial charge on any atom is -0.452 e. The minimum atomic E-state index is -0.775. The van der Waals surface area contributed by atoms with Gasteiger partial charge in [0.25, 0.3) is 11.6 Å². The van der Waals surface area contributed by atoms with Crippen molar-refractivity contribution in [3.63, 3.8) is 0 Å². The lowest BCUT2D eigenvalue weighted by Crippen LogP contribution is -2.31. The number of hydrogen-bond donors (Lipinski definition) is 0. The Morgan fingerprint density at radius 1 is 1.22 bits per heavy atom. The summed E-state index contributed by atoms with van der Waals surface area (Å²) in [6.07, 6.45) is 1.71. The van der Waals surface area contributed by atoms with E-state index in [1.54, 1.807) is 13.3 Å². The number of hydrogen-bond acceptors (Lipinski definition) is 6. The van der Waals surface area contributed by atoms with Crippen molar-refractivity contribution in [3.8, 4) is 0 Å². The average molecular weight is 388 g/mol. The molecule has 0 aliphatic carbocycles. The molecule has 7 nitrogen and oxygen atoms in total. The summed E-state index contributed by atoms with van der Waals surface area (Å²) in [7, 11) is 1.63. The van der Waals surface area contributed by atoms with E-state index in [9.17, 15) is 19.7 Å². The van der Waals surface area contributed by atoms with Crippen molar-refractivity contribution >= 4 is 29.3 Å². The smallest absolute Gasteiger partial charge is 0.338 e. The quantitative estimate of drug-likeness (QED) is 0.312. The van der Waals surface area contributed by atoms with Crippen LogP contribution in [0.25, 0.3) is 0 Å². The second kappa shape index (κ2) is 9.18. The lowest BCUT2D eigenvalue weighted by molar-refractivity contribution is -0.387. The van der Waals surface area contributed by atoms with Crippen LogP contribution < -0.4 is 0 Å². The van der Waals surface area contributed by atoms with E-state index >= 15 is 0 Å². The number of nitro groups is 1. The molecule has 8 heteroatoms. The van der Waals surface area contributed by atoms with Crippen molar-refractivity contribution in [2.24, 2.45) is 0 Å². The van der Waals surface area contributed by atoms with Gasteiger partial charge in [-0.1, -0.05) is 24.3 Å². The predicted octanol–water partition coefficient (Wildman–Crippen LogP) is 3.44. The Morgan fingerprint density at radius 2 is 1.93 bits per heavy atom. The molecule has 0 N–H and O–H groups in total. The van der Waals surface area contributed by atoms with Crippen LogP contribution >= 0.6 is 11.8 Å². The fourth-order valence-electron chi connectivity index (χ4n) is 2.41. The first-order valence-electron chi connectivity index (χ1n) is 8.11. The summed E-state index contributed by atoms with van der Waals surface area (Å²) in [6, 6.07) is 11.8. The first-order valence-corrected chi connectivity index (χ1v) is 9.34. The van der Waals surface area contributed by atoms with Gasteiger partial charge in [0, 0.05) is 19.7 Å². The standard InChI is InChI=1S/C19H20N2O5S/c1-13-6-4-5-7-15(13)11-20(2)18(22)12-26-19(23)14-8-9-17(27-3)16(10-14)21(24)25/h4-10H,11-12H2,1-3H3. The van der Waals surface area contributed by atoms with Gasteiger partial charge in [0.1, 0.15) is 0 Å². The van der Waals surface area contributed by atoms with Crippen molar-refractivity contribution in [1.29, 1.82) is 0 Å². The monoisotopic (exact) mass is 388 g/mol. The third-order valence-electron chi connectivity index (χ3n) is 4.03. The highest BCUT2D eigenvalue weighted by Gasteiger charge is 2.19. The Balaban J connectivity index is 1.98. The van der Waals surface area contributed by atoms with Crippen molar-refractivity contribution < 1.29 is 19.2 Å². The molecule has 0 atom stereocenters. The Labute approximate surface area is 161 Å².